The van der Waals surface area contributed by atoms with Crippen molar-refractivity contribution >= 4 is 15.1 Å². The Bertz CT molecular complexity index is 905. The van der Waals surface area contributed by atoms with Crippen molar-refractivity contribution in [2.24, 2.45) is 5.92 Å². The van der Waals surface area contributed by atoms with Crippen molar-refractivity contribution in [2.75, 3.05) is 0 Å². The molecule has 1 aliphatic carbocycles. The average molecular weight is 479 g/mol. The zero-order chi connectivity index (χ0) is 23.2. The summed E-state index contributed by atoms with van der Waals surface area (Å²) in [5.41, 5.74) is 7.71. The van der Waals surface area contributed by atoms with Gasteiger partial charge in [-0.25, -0.2) is 5.57 Å². The Balaban J connectivity index is 0.000000620. The molecule has 3 rings (SSSR count). The summed E-state index contributed by atoms with van der Waals surface area (Å²) in [6.07, 6.45) is 7.29. The molecule has 2 aromatic rings. The van der Waals surface area contributed by atoms with Crippen LogP contribution in [0.3, 0.4) is 0 Å². The second-order valence-electron chi connectivity index (χ2n) is 7.97. The molecule has 1 nitrogen and oxygen atoms in total. The maximum Gasteiger partial charge on any atom is 0.126 e. The molecule has 0 bridgehead atoms. The van der Waals surface area contributed by atoms with Crippen LogP contribution in [0.1, 0.15) is 47.1 Å². The van der Waals surface area contributed by atoms with Crippen LogP contribution in [0.4, 0.5) is 0 Å². The standard InChI is InChI=1S/C18H18O.C9H13.C2H7Si.Ti/c1-15(2)13-17(16-9-5-3-6-10-16)14-19-18-11-7-4-8-12-18;1-6-5-7(2)9(4)8(6)3;1-3-2;/h3-14H,1-2H3;6H,1-4H3;3H,1-2H3;/q;-1;;. The van der Waals surface area contributed by atoms with Crippen LogP contribution in [0.2, 0.25) is 13.1 Å². The Kier molecular flexibility index (Phi) is 15.7. The second kappa shape index (κ2) is 16.7. The van der Waals surface area contributed by atoms with Crippen LogP contribution in [0, 0.1) is 12.0 Å². The fourth-order valence-corrected chi connectivity index (χ4v) is 2.92. The van der Waals surface area contributed by atoms with E-state index in [2.05, 4.69) is 78.9 Å². The van der Waals surface area contributed by atoms with Gasteiger partial charge in [-0.05, 0) is 31.5 Å². The third-order valence-corrected chi connectivity index (χ3v) is 4.85. The summed E-state index contributed by atoms with van der Waals surface area (Å²) in [6, 6.07) is 20.0. The minimum atomic E-state index is 0. The Hall–Kier alpha value is -1.87. The molecule has 0 aliphatic heterocycles. The SMILES string of the molecule is CC(C)=CC(=COc1ccccc1)c1ccccc1.CC1=[C-]C(C)C(C)=C1C.C[SiH]C.[Ti]. The smallest absolute Gasteiger partial charge is 0.126 e. The molecule has 0 fully saturated rings. The molecule has 32 heavy (non-hydrogen) atoms. The number of benzene rings is 2. The number of allylic oxidation sites excluding steroid dienone is 7. The van der Waals surface area contributed by atoms with Crippen LogP contribution < -0.4 is 4.74 Å². The van der Waals surface area contributed by atoms with E-state index in [9.17, 15) is 0 Å². The quantitative estimate of drug-likeness (QED) is 0.186. The summed E-state index contributed by atoms with van der Waals surface area (Å²) in [6.45, 7) is 17.3. The minimum Gasteiger partial charge on any atom is -0.464 e. The molecule has 0 heterocycles. The molecule has 0 saturated heterocycles. The van der Waals surface area contributed by atoms with E-state index < -0.39 is 0 Å². The summed E-state index contributed by atoms with van der Waals surface area (Å²) < 4.78 is 5.72. The molecule has 1 unspecified atom stereocenters. The predicted molar refractivity (Wildman–Crippen MR) is 140 cm³/mol. The van der Waals surface area contributed by atoms with Gasteiger partial charge in [0.15, 0.2) is 0 Å². The van der Waals surface area contributed by atoms with Gasteiger partial charge in [-0.3, -0.25) is 6.08 Å². The van der Waals surface area contributed by atoms with Gasteiger partial charge in [0.05, 0.1) is 6.26 Å². The third kappa shape index (κ3) is 11.1. The summed E-state index contributed by atoms with van der Waals surface area (Å²) in [7, 11) is 0.750. The predicted octanol–water partition coefficient (Wildman–Crippen LogP) is 8.31. The van der Waals surface area contributed by atoms with Crippen LogP contribution in [-0.4, -0.2) is 9.52 Å². The van der Waals surface area contributed by atoms with Gasteiger partial charge in [0, 0.05) is 36.8 Å². The van der Waals surface area contributed by atoms with E-state index in [1.54, 1.807) is 6.26 Å². The first kappa shape index (κ1) is 30.1. The molecule has 0 aromatic heterocycles. The van der Waals surface area contributed by atoms with Crippen molar-refractivity contribution < 1.29 is 26.5 Å². The number of para-hydroxylation sites is 1. The van der Waals surface area contributed by atoms with Crippen LogP contribution in [0.25, 0.3) is 5.57 Å². The minimum absolute atomic E-state index is 0. The van der Waals surface area contributed by atoms with Crippen LogP contribution in [-0.2, 0) is 21.7 Å². The zero-order valence-corrected chi connectivity index (χ0v) is 23.7. The van der Waals surface area contributed by atoms with E-state index in [0.29, 0.717) is 5.92 Å². The Morgan fingerprint density at radius 1 is 0.906 bits per heavy atom. The normalized spacial score (nSPS) is 14.7. The molecule has 1 radical (unpaired) electrons. The Morgan fingerprint density at radius 2 is 1.41 bits per heavy atom. The fraction of sp³-hybridized carbons (Fsp3) is 0.310. The van der Waals surface area contributed by atoms with Crippen LogP contribution in [0.5, 0.6) is 5.75 Å². The van der Waals surface area contributed by atoms with Gasteiger partial charge in [0.2, 0.25) is 0 Å². The van der Waals surface area contributed by atoms with E-state index in [1.165, 1.54) is 22.3 Å². The van der Waals surface area contributed by atoms with E-state index >= 15 is 0 Å². The summed E-state index contributed by atoms with van der Waals surface area (Å²) in [5.74, 6) is 1.41. The molecule has 3 heteroatoms. The molecule has 1 atom stereocenters. The van der Waals surface area contributed by atoms with Crippen molar-refractivity contribution in [3.63, 3.8) is 0 Å². The van der Waals surface area contributed by atoms with Gasteiger partial charge < -0.3 is 4.74 Å². The summed E-state index contributed by atoms with van der Waals surface area (Å²) in [4.78, 5) is 0. The van der Waals surface area contributed by atoms with E-state index in [0.717, 1.165) is 26.4 Å². The number of hydrogen-bond donors (Lipinski definition) is 0. The molecular formula is C29H38OSiTi-. The first-order chi connectivity index (χ1) is 14.8. The Labute approximate surface area is 214 Å². The third-order valence-electron chi connectivity index (χ3n) is 4.85. The molecule has 0 amide bonds. The maximum absolute atomic E-state index is 5.72. The first-order valence-electron chi connectivity index (χ1n) is 10.9. The monoisotopic (exact) mass is 478 g/mol. The van der Waals surface area contributed by atoms with E-state index in [1.807, 2.05) is 48.5 Å². The van der Waals surface area contributed by atoms with Crippen LogP contribution >= 0.6 is 0 Å². The average Bonchev–Trinajstić information content (AvgIpc) is 2.98. The molecule has 169 valence electrons. The molecule has 0 N–H and O–H groups in total. The fourth-order valence-electron chi connectivity index (χ4n) is 2.92. The van der Waals surface area contributed by atoms with Crippen molar-refractivity contribution in [2.45, 2.75) is 54.6 Å². The van der Waals surface area contributed by atoms with E-state index in [-0.39, 0.29) is 21.7 Å². The van der Waals surface area contributed by atoms with Crippen molar-refractivity contribution in [1.29, 1.82) is 0 Å². The topological polar surface area (TPSA) is 9.23 Å². The van der Waals surface area contributed by atoms with Crippen molar-refractivity contribution in [3.8, 4) is 5.75 Å². The van der Waals surface area contributed by atoms with Gasteiger partial charge in [-0.15, -0.1) is 6.92 Å². The second-order valence-corrected chi connectivity index (χ2v) is 9.12. The maximum atomic E-state index is 5.72. The van der Waals surface area contributed by atoms with E-state index in [4.69, 9.17) is 4.74 Å². The first-order valence-corrected chi connectivity index (χ1v) is 13.2. The zero-order valence-electron chi connectivity index (χ0n) is 21.0. The Morgan fingerprint density at radius 3 is 1.78 bits per heavy atom. The number of hydrogen-bond acceptors (Lipinski definition) is 1. The van der Waals surface area contributed by atoms with Gasteiger partial charge in [-0.1, -0.05) is 100.0 Å². The van der Waals surface area contributed by atoms with Gasteiger partial charge in [-0.2, -0.15) is 11.1 Å². The summed E-state index contributed by atoms with van der Waals surface area (Å²) >= 11 is 0. The molecule has 0 spiro atoms. The molecule has 1 aliphatic rings. The molecule has 2 aromatic carbocycles. The van der Waals surface area contributed by atoms with Gasteiger partial charge in [0.1, 0.15) is 5.75 Å². The summed E-state index contributed by atoms with van der Waals surface area (Å²) in [5, 5.41) is 0. The number of rotatable bonds is 4. The van der Waals surface area contributed by atoms with Crippen LogP contribution in [0.15, 0.2) is 95.3 Å². The molecule has 0 saturated carbocycles. The largest absolute Gasteiger partial charge is 0.464 e. The molecular weight excluding hydrogens is 440 g/mol. The van der Waals surface area contributed by atoms with Gasteiger partial charge in [0.25, 0.3) is 0 Å². The van der Waals surface area contributed by atoms with Crippen molar-refractivity contribution in [1.82, 2.24) is 0 Å². The van der Waals surface area contributed by atoms with Crippen molar-refractivity contribution in [3.05, 3.63) is 107 Å². The number of ether oxygens (including phenoxy) is 1. The van der Waals surface area contributed by atoms with Gasteiger partial charge >= 0.3 is 0 Å².